The van der Waals surface area contributed by atoms with Gasteiger partial charge in [0.25, 0.3) is 5.91 Å². The molecule has 5 rings (SSSR count). The number of pyridine rings is 1. The second-order valence-electron chi connectivity index (χ2n) is 7.16. The highest BCUT2D eigenvalue weighted by Gasteiger charge is 2.21. The first-order valence-electron chi connectivity index (χ1n) is 9.86. The van der Waals surface area contributed by atoms with Crippen LogP contribution >= 0.6 is 12.4 Å². The fourth-order valence-corrected chi connectivity index (χ4v) is 3.77. The number of nitrogens with zero attached hydrogens (tertiary/aromatic N) is 1. The average Bonchev–Trinajstić information content (AvgIpc) is 2.79. The molecule has 0 radical (unpaired) electrons. The molecule has 0 aliphatic carbocycles. The van der Waals surface area contributed by atoms with Crippen LogP contribution in [-0.4, -0.2) is 24.1 Å². The van der Waals surface area contributed by atoms with Crippen molar-refractivity contribution in [3.8, 4) is 22.8 Å². The van der Waals surface area contributed by atoms with Gasteiger partial charge in [-0.25, -0.2) is 4.98 Å². The molecule has 0 fully saturated rings. The summed E-state index contributed by atoms with van der Waals surface area (Å²) < 4.78 is 11.2. The highest BCUT2D eigenvalue weighted by atomic mass is 35.5. The number of carbonyl (C=O) groups excluding carboxylic acids is 1. The van der Waals surface area contributed by atoms with Crippen LogP contribution in [0.2, 0.25) is 0 Å². The summed E-state index contributed by atoms with van der Waals surface area (Å²) in [5.74, 6) is 1.12. The zero-order valence-electron chi connectivity index (χ0n) is 16.9. The fraction of sp³-hybridized carbons (Fsp3) is 0.120. The molecule has 31 heavy (non-hydrogen) atoms. The maximum absolute atomic E-state index is 13.4. The summed E-state index contributed by atoms with van der Waals surface area (Å²) in [6.07, 6.45) is 0. The molecule has 0 atom stereocenters. The number of benzene rings is 3. The number of carbonyl (C=O) groups is 1. The van der Waals surface area contributed by atoms with Crippen LogP contribution in [0.25, 0.3) is 22.2 Å². The molecule has 0 bridgehead atoms. The van der Waals surface area contributed by atoms with Gasteiger partial charge in [-0.2, -0.15) is 0 Å². The summed E-state index contributed by atoms with van der Waals surface area (Å²) in [4.78, 5) is 18.3. The third-order valence-corrected chi connectivity index (χ3v) is 5.23. The van der Waals surface area contributed by atoms with Gasteiger partial charge in [0.2, 0.25) is 0 Å². The fourth-order valence-electron chi connectivity index (χ4n) is 3.77. The predicted octanol–water partition coefficient (Wildman–Crippen LogP) is 5.66. The SMILES string of the molecule is Cc1c(C(=O)Nc2ccc3c(c2)OCCO3)c(-c2ccccc2)nc2ccccc12.Cl. The van der Waals surface area contributed by atoms with Crippen molar-refractivity contribution >= 4 is 34.9 Å². The normalized spacial score (nSPS) is 12.2. The minimum Gasteiger partial charge on any atom is -0.486 e. The van der Waals surface area contributed by atoms with Gasteiger partial charge < -0.3 is 14.8 Å². The van der Waals surface area contributed by atoms with Crippen molar-refractivity contribution in [2.75, 3.05) is 18.5 Å². The lowest BCUT2D eigenvalue weighted by molar-refractivity contribution is 0.102. The molecule has 6 heteroatoms. The number of hydrogen-bond donors (Lipinski definition) is 1. The second-order valence-corrected chi connectivity index (χ2v) is 7.16. The molecule has 0 spiro atoms. The Morgan fingerprint density at radius 1 is 0.903 bits per heavy atom. The lowest BCUT2D eigenvalue weighted by atomic mass is 9.97. The van der Waals surface area contributed by atoms with Crippen molar-refractivity contribution in [1.82, 2.24) is 4.98 Å². The van der Waals surface area contributed by atoms with Crippen molar-refractivity contribution in [2.24, 2.45) is 0 Å². The van der Waals surface area contributed by atoms with Crippen molar-refractivity contribution < 1.29 is 14.3 Å². The summed E-state index contributed by atoms with van der Waals surface area (Å²) in [6.45, 7) is 2.99. The number of hydrogen-bond acceptors (Lipinski definition) is 4. The van der Waals surface area contributed by atoms with Crippen LogP contribution in [0.4, 0.5) is 5.69 Å². The van der Waals surface area contributed by atoms with E-state index in [-0.39, 0.29) is 18.3 Å². The number of para-hydroxylation sites is 1. The van der Waals surface area contributed by atoms with Crippen LogP contribution in [0.5, 0.6) is 11.5 Å². The van der Waals surface area contributed by atoms with E-state index in [9.17, 15) is 4.79 Å². The molecule has 1 aromatic heterocycles. The monoisotopic (exact) mass is 432 g/mol. The molecule has 1 amide bonds. The van der Waals surface area contributed by atoms with Crippen LogP contribution in [-0.2, 0) is 0 Å². The van der Waals surface area contributed by atoms with E-state index in [1.165, 1.54) is 0 Å². The van der Waals surface area contributed by atoms with Crippen molar-refractivity contribution in [1.29, 1.82) is 0 Å². The van der Waals surface area contributed by atoms with Crippen LogP contribution in [0.15, 0.2) is 72.8 Å². The zero-order chi connectivity index (χ0) is 20.5. The van der Waals surface area contributed by atoms with E-state index < -0.39 is 0 Å². The molecule has 0 saturated carbocycles. The van der Waals surface area contributed by atoms with Gasteiger partial charge >= 0.3 is 0 Å². The van der Waals surface area contributed by atoms with Gasteiger partial charge in [0.15, 0.2) is 11.5 Å². The quantitative estimate of drug-likeness (QED) is 0.454. The Labute approximate surface area is 186 Å². The van der Waals surface area contributed by atoms with E-state index >= 15 is 0 Å². The summed E-state index contributed by atoms with van der Waals surface area (Å²) in [7, 11) is 0. The number of halogens is 1. The Kier molecular flexibility index (Phi) is 5.78. The molecule has 3 aromatic carbocycles. The minimum absolute atomic E-state index is 0. The van der Waals surface area contributed by atoms with Crippen LogP contribution in [0, 0.1) is 6.92 Å². The molecule has 156 valence electrons. The topological polar surface area (TPSA) is 60.5 Å². The highest BCUT2D eigenvalue weighted by molar-refractivity contribution is 6.12. The maximum atomic E-state index is 13.4. The highest BCUT2D eigenvalue weighted by Crippen LogP contribution is 2.34. The summed E-state index contributed by atoms with van der Waals surface area (Å²) in [5, 5.41) is 3.97. The molecule has 1 N–H and O–H groups in total. The maximum Gasteiger partial charge on any atom is 0.258 e. The lowest BCUT2D eigenvalue weighted by Crippen LogP contribution is -2.18. The van der Waals surface area contributed by atoms with Crippen LogP contribution < -0.4 is 14.8 Å². The lowest BCUT2D eigenvalue weighted by Gasteiger charge is -2.19. The van der Waals surface area contributed by atoms with Crippen molar-refractivity contribution in [2.45, 2.75) is 6.92 Å². The van der Waals surface area contributed by atoms with Crippen molar-refractivity contribution in [3.05, 3.63) is 83.9 Å². The Balaban J connectivity index is 0.00000231. The summed E-state index contributed by atoms with van der Waals surface area (Å²) >= 11 is 0. The van der Waals surface area contributed by atoms with Gasteiger partial charge in [-0.1, -0.05) is 48.5 Å². The third kappa shape index (κ3) is 3.92. The number of ether oxygens (including phenoxy) is 2. The first-order valence-corrected chi connectivity index (χ1v) is 9.86. The molecule has 4 aromatic rings. The number of aryl methyl sites for hydroxylation is 1. The van der Waals surface area contributed by atoms with Gasteiger partial charge in [0, 0.05) is 22.7 Å². The smallest absolute Gasteiger partial charge is 0.258 e. The van der Waals surface area contributed by atoms with E-state index in [4.69, 9.17) is 14.5 Å². The van der Waals surface area contributed by atoms with Crippen LogP contribution in [0.1, 0.15) is 15.9 Å². The van der Waals surface area contributed by atoms with Gasteiger partial charge in [0.05, 0.1) is 16.8 Å². The van der Waals surface area contributed by atoms with Gasteiger partial charge in [-0.05, 0) is 30.7 Å². The Bertz CT molecular complexity index is 1260. The molecule has 2 heterocycles. The van der Waals surface area contributed by atoms with Crippen LogP contribution in [0.3, 0.4) is 0 Å². The predicted molar refractivity (Wildman–Crippen MR) is 125 cm³/mol. The Morgan fingerprint density at radius 2 is 1.61 bits per heavy atom. The number of amides is 1. The van der Waals surface area contributed by atoms with Gasteiger partial charge in [0.1, 0.15) is 13.2 Å². The van der Waals surface area contributed by atoms with Crippen molar-refractivity contribution in [3.63, 3.8) is 0 Å². The number of aromatic nitrogens is 1. The second kappa shape index (κ2) is 8.66. The largest absolute Gasteiger partial charge is 0.486 e. The van der Waals surface area contributed by atoms with E-state index in [2.05, 4.69) is 5.32 Å². The average molecular weight is 433 g/mol. The zero-order valence-corrected chi connectivity index (χ0v) is 17.7. The van der Waals surface area contributed by atoms with E-state index in [1.807, 2.05) is 73.7 Å². The van der Waals surface area contributed by atoms with Gasteiger partial charge in [-0.3, -0.25) is 4.79 Å². The van der Waals surface area contributed by atoms with Gasteiger partial charge in [-0.15, -0.1) is 12.4 Å². The molecule has 5 nitrogen and oxygen atoms in total. The number of fused-ring (bicyclic) bond motifs is 2. The first kappa shape index (κ1) is 20.7. The number of rotatable bonds is 3. The molecular weight excluding hydrogens is 412 g/mol. The summed E-state index contributed by atoms with van der Waals surface area (Å²) in [6, 6.07) is 23.1. The molecule has 0 saturated heterocycles. The summed E-state index contributed by atoms with van der Waals surface area (Å²) in [5.41, 5.74) is 4.55. The van der Waals surface area contributed by atoms with E-state index in [0.29, 0.717) is 41.7 Å². The minimum atomic E-state index is -0.207. The molecule has 1 aliphatic heterocycles. The van der Waals surface area contributed by atoms with E-state index in [1.54, 1.807) is 6.07 Å². The first-order chi connectivity index (χ1) is 14.7. The van der Waals surface area contributed by atoms with E-state index in [0.717, 1.165) is 22.0 Å². The molecular formula is C25H21ClN2O3. The standard InChI is InChI=1S/C25H20N2O3.ClH/c1-16-19-9-5-6-10-20(19)27-24(17-7-3-2-4-8-17)23(16)25(28)26-18-11-12-21-22(15-18)30-14-13-29-21;/h2-12,15H,13-14H2,1H3,(H,26,28);1H. The Morgan fingerprint density at radius 3 is 2.42 bits per heavy atom. The third-order valence-electron chi connectivity index (χ3n) is 5.23. The molecule has 0 unspecified atom stereocenters. The Hall–Kier alpha value is -3.57. The number of anilines is 1. The number of nitrogens with one attached hydrogen (secondary N) is 1. The molecule has 1 aliphatic rings.